The summed E-state index contributed by atoms with van der Waals surface area (Å²) in [5.41, 5.74) is 2.16. The maximum atomic E-state index is 12.1. The summed E-state index contributed by atoms with van der Waals surface area (Å²) < 4.78 is 0. The van der Waals surface area contributed by atoms with Crippen molar-refractivity contribution in [3.8, 4) is 0 Å². The van der Waals surface area contributed by atoms with Crippen molar-refractivity contribution in [2.45, 2.75) is 0 Å². The molecule has 5 nitrogen and oxygen atoms in total. The van der Waals surface area contributed by atoms with Crippen molar-refractivity contribution in [1.82, 2.24) is 15.0 Å². The molecule has 3 rings (SSSR count). The van der Waals surface area contributed by atoms with Gasteiger partial charge in [-0.05, 0) is 30.3 Å². The van der Waals surface area contributed by atoms with Crippen LogP contribution in [-0.2, 0) is 0 Å². The molecule has 0 aliphatic rings. The van der Waals surface area contributed by atoms with Crippen LogP contribution in [0.4, 0.5) is 5.82 Å². The molecule has 2 N–H and O–H groups in total. The zero-order valence-corrected chi connectivity index (χ0v) is 10.5. The Morgan fingerprint density at radius 3 is 2.95 bits per heavy atom. The number of hydrogen-bond donors (Lipinski definition) is 2. The molecule has 0 aliphatic heterocycles. The van der Waals surface area contributed by atoms with Crippen molar-refractivity contribution < 1.29 is 4.79 Å². The zero-order chi connectivity index (χ0) is 13.2. The standard InChI is InChI=1S/C13H9ClN4O/c14-9-3-4-15-12(6-9)18-13(19)8-1-2-10-11(5-8)17-7-16-10/h1-7H,(H,16,17)(H,15,18,19). The smallest absolute Gasteiger partial charge is 0.256 e. The summed E-state index contributed by atoms with van der Waals surface area (Å²) in [5, 5.41) is 3.21. The maximum Gasteiger partial charge on any atom is 0.256 e. The predicted molar refractivity (Wildman–Crippen MR) is 73.3 cm³/mol. The van der Waals surface area contributed by atoms with Gasteiger partial charge in [-0.15, -0.1) is 0 Å². The van der Waals surface area contributed by atoms with Gasteiger partial charge in [0.05, 0.1) is 17.4 Å². The predicted octanol–water partition coefficient (Wildman–Crippen LogP) is 2.86. The number of halogens is 1. The SMILES string of the molecule is O=C(Nc1cc(Cl)ccn1)c1ccc2nc[nH]c2c1. The van der Waals surface area contributed by atoms with Crippen molar-refractivity contribution in [3.05, 3.63) is 53.4 Å². The summed E-state index contributed by atoms with van der Waals surface area (Å²) in [6, 6.07) is 8.47. The molecule has 0 bridgehead atoms. The molecule has 0 fully saturated rings. The Labute approximate surface area is 113 Å². The highest BCUT2D eigenvalue weighted by atomic mass is 35.5. The molecule has 94 valence electrons. The Morgan fingerprint density at radius 1 is 1.21 bits per heavy atom. The number of anilines is 1. The van der Waals surface area contributed by atoms with E-state index in [9.17, 15) is 4.79 Å². The Morgan fingerprint density at radius 2 is 2.11 bits per heavy atom. The van der Waals surface area contributed by atoms with Gasteiger partial charge < -0.3 is 10.3 Å². The summed E-state index contributed by atoms with van der Waals surface area (Å²) in [5.74, 6) is 0.175. The molecule has 6 heteroatoms. The van der Waals surface area contributed by atoms with Gasteiger partial charge >= 0.3 is 0 Å². The molecular weight excluding hydrogens is 264 g/mol. The van der Waals surface area contributed by atoms with E-state index in [1.165, 1.54) is 6.20 Å². The fourth-order valence-corrected chi connectivity index (χ4v) is 1.90. The number of aromatic amines is 1. The second-order valence-corrected chi connectivity index (χ2v) is 4.38. The van der Waals surface area contributed by atoms with Crippen LogP contribution in [0.3, 0.4) is 0 Å². The van der Waals surface area contributed by atoms with Gasteiger partial charge in [-0.2, -0.15) is 0 Å². The zero-order valence-electron chi connectivity index (χ0n) is 9.72. The van der Waals surface area contributed by atoms with Crippen LogP contribution in [0.5, 0.6) is 0 Å². The summed E-state index contributed by atoms with van der Waals surface area (Å²) in [4.78, 5) is 23.1. The number of carbonyl (C=O) groups is 1. The number of amides is 1. The van der Waals surface area contributed by atoms with Gasteiger partial charge in [0, 0.05) is 16.8 Å². The van der Waals surface area contributed by atoms with Crippen LogP contribution in [0.15, 0.2) is 42.9 Å². The first-order valence-corrected chi connectivity index (χ1v) is 5.96. The minimum absolute atomic E-state index is 0.244. The Hall–Kier alpha value is -2.40. The van der Waals surface area contributed by atoms with Gasteiger partial charge in [-0.3, -0.25) is 4.79 Å². The van der Waals surface area contributed by atoms with E-state index in [-0.39, 0.29) is 5.91 Å². The van der Waals surface area contributed by atoms with E-state index in [1.54, 1.807) is 36.7 Å². The minimum Gasteiger partial charge on any atom is -0.345 e. The molecule has 3 aromatic rings. The molecule has 0 atom stereocenters. The summed E-state index contributed by atoms with van der Waals surface area (Å²) in [7, 11) is 0. The van der Waals surface area contributed by atoms with Gasteiger partial charge in [0.15, 0.2) is 0 Å². The minimum atomic E-state index is -0.244. The van der Waals surface area contributed by atoms with Crippen molar-refractivity contribution in [2.24, 2.45) is 0 Å². The number of nitrogens with zero attached hydrogens (tertiary/aromatic N) is 2. The number of carbonyl (C=O) groups excluding carboxylic acids is 1. The van der Waals surface area contributed by atoms with Crippen LogP contribution in [0.1, 0.15) is 10.4 Å². The number of rotatable bonds is 2. The van der Waals surface area contributed by atoms with E-state index in [0.717, 1.165) is 11.0 Å². The number of nitrogens with one attached hydrogen (secondary N) is 2. The summed E-state index contributed by atoms with van der Waals surface area (Å²) in [6.45, 7) is 0. The van der Waals surface area contributed by atoms with Crippen LogP contribution >= 0.6 is 11.6 Å². The normalized spacial score (nSPS) is 10.6. The number of hydrogen-bond acceptors (Lipinski definition) is 3. The highest BCUT2D eigenvalue weighted by Gasteiger charge is 2.08. The first-order chi connectivity index (χ1) is 9.22. The fourth-order valence-electron chi connectivity index (χ4n) is 1.74. The molecule has 0 aliphatic carbocycles. The van der Waals surface area contributed by atoms with Crippen LogP contribution in [-0.4, -0.2) is 20.9 Å². The van der Waals surface area contributed by atoms with E-state index in [4.69, 9.17) is 11.6 Å². The Bertz CT molecular complexity index is 753. The number of H-pyrrole nitrogens is 1. The maximum absolute atomic E-state index is 12.1. The third kappa shape index (κ3) is 2.41. The first-order valence-electron chi connectivity index (χ1n) is 5.58. The molecule has 19 heavy (non-hydrogen) atoms. The van der Waals surface area contributed by atoms with Crippen LogP contribution < -0.4 is 5.32 Å². The highest BCUT2D eigenvalue weighted by Crippen LogP contribution is 2.15. The van der Waals surface area contributed by atoms with Gasteiger partial charge in [-0.25, -0.2) is 9.97 Å². The second kappa shape index (κ2) is 4.70. The molecule has 2 aromatic heterocycles. The number of benzene rings is 1. The Kier molecular flexibility index (Phi) is 2.89. The third-order valence-electron chi connectivity index (χ3n) is 2.65. The molecule has 0 radical (unpaired) electrons. The van der Waals surface area contributed by atoms with Crippen LogP contribution in [0.2, 0.25) is 5.02 Å². The summed E-state index contributed by atoms with van der Waals surface area (Å²) in [6.07, 6.45) is 3.13. The van der Waals surface area contributed by atoms with E-state index in [2.05, 4.69) is 20.3 Å². The lowest BCUT2D eigenvalue weighted by Crippen LogP contribution is -2.12. The molecule has 0 saturated carbocycles. The molecular formula is C13H9ClN4O. The lowest BCUT2D eigenvalue weighted by Gasteiger charge is -2.04. The number of aromatic nitrogens is 3. The third-order valence-corrected chi connectivity index (χ3v) is 2.88. The van der Waals surface area contributed by atoms with Gasteiger partial charge in [-0.1, -0.05) is 11.6 Å². The number of imidazole rings is 1. The van der Waals surface area contributed by atoms with Gasteiger partial charge in [0.2, 0.25) is 0 Å². The largest absolute Gasteiger partial charge is 0.345 e. The lowest BCUT2D eigenvalue weighted by molar-refractivity contribution is 0.102. The van der Waals surface area contributed by atoms with Crippen molar-refractivity contribution in [3.63, 3.8) is 0 Å². The van der Waals surface area contributed by atoms with Gasteiger partial charge in [0.1, 0.15) is 5.82 Å². The van der Waals surface area contributed by atoms with Crippen LogP contribution in [0.25, 0.3) is 11.0 Å². The van der Waals surface area contributed by atoms with Crippen molar-refractivity contribution >= 4 is 34.4 Å². The topological polar surface area (TPSA) is 70.7 Å². The van der Waals surface area contributed by atoms with Gasteiger partial charge in [0.25, 0.3) is 5.91 Å². The summed E-state index contributed by atoms with van der Waals surface area (Å²) >= 11 is 5.83. The van der Waals surface area contributed by atoms with Crippen LogP contribution in [0, 0.1) is 0 Å². The highest BCUT2D eigenvalue weighted by molar-refractivity contribution is 6.30. The molecule has 0 spiro atoms. The second-order valence-electron chi connectivity index (χ2n) is 3.95. The molecule has 0 unspecified atom stereocenters. The van der Waals surface area contributed by atoms with Crippen molar-refractivity contribution in [2.75, 3.05) is 5.32 Å². The Balaban J connectivity index is 1.87. The van der Waals surface area contributed by atoms with E-state index in [0.29, 0.717) is 16.4 Å². The molecule has 1 aromatic carbocycles. The quantitative estimate of drug-likeness (QED) is 0.753. The van der Waals surface area contributed by atoms with E-state index >= 15 is 0 Å². The molecule has 0 saturated heterocycles. The average molecular weight is 273 g/mol. The van der Waals surface area contributed by atoms with Crippen molar-refractivity contribution in [1.29, 1.82) is 0 Å². The first kappa shape index (κ1) is 11.7. The molecule has 2 heterocycles. The number of pyridine rings is 1. The lowest BCUT2D eigenvalue weighted by atomic mass is 10.2. The van der Waals surface area contributed by atoms with E-state index in [1.807, 2.05) is 0 Å². The van der Waals surface area contributed by atoms with E-state index < -0.39 is 0 Å². The monoisotopic (exact) mass is 272 g/mol. The fraction of sp³-hybridized carbons (Fsp3) is 0. The average Bonchev–Trinajstić information content (AvgIpc) is 2.85. The molecule has 1 amide bonds. The number of fused-ring (bicyclic) bond motifs is 1.